The van der Waals surface area contributed by atoms with Crippen LogP contribution in [0.3, 0.4) is 0 Å². The van der Waals surface area contributed by atoms with Gasteiger partial charge in [0.2, 0.25) is 0 Å². The van der Waals surface area contributed by atoms with Crippen LogP contribution in [0.15, 0.2) is 6.07 Å². The minimum absolute atomic E-state index is 0.166. The second kappa shape index (κ2) is 3.83. The van der Waals surface area contributed by atoms with E-state index in [2.05, 4.69) is 10.2 Å². The van der Waals surface area contributed by atoms with Crippen LogP contribution in [0.2, 0.25) is 0 Å². The van der Waals surface area contributed by atoms with Crippen LogP contribution >= 0.6 is 0 Å². The number of aromatic amines is 1. The standard InChI is InChI=1S/C6H8N4O4/c7-3(1-6(11)12)4-2-5(9-8-4)10(13)14/h2-3H,1,7H2,(H,8,9)(H,11,12). The van der Waals surface area contributed by atoms with E-state index in [0.717, 1.165) is 6.07 Å². The van der Waals surface area contributed by atoms with Gasteiger partial charge in [-0.15, -0.1) is 5.10 Å². The lowest BCUT2D eigenvalue weighted by atomic mass is 10.1. The summed E-state index contributed by atoms with van der Waals surface area (Å²) < 4.78 is 0. The fourth-order valence-corrected chi connectivity index (χ4v) is 0.903. The lowest BCUT2D eigenvalue weighted by Crippen LogP contribution is -2.15. The van der Waals surface area contributed by atoms with Gasteiger partial charge in [-0.25, -0.2) is 0 Å². The molecule has 0 bridgehead atoms. The molecule has 0 radical (unpaired) electrons. The summed E-state index contributed by atoms with van der Waals surface area (Å²) in [5.74, 6) is -1.39. The minimum Gasteiger partial charge on any atom is -0.481 e. The zero-order chi connectivity index (χ0) is 10.7. The molecule has 1 aromatic heterocycles. The summed E-state index contributed by atoms with van der Waals surface area (Å²) >= 11 is 0. The minimum atomic E-state index is -1.08. The Balaban J connectivity index is 2.76. The van der Waals surface area contributed by atoms with Crippen molar-refractivity contribution in [3.8, 4) is 0 Å². The van der Waals surface area contributed by atoms with Crippen LogP contribution in [-0.4, -0.2) is 26.2 Å². The van der Waals surface area contributed by atoms with Crippen molar-refractivity contribution in [3.63, 3.8) is 0 Å². The Bertz CT molecular complexity index is 360. The van der Waals surface area contributed by atoms with Gasteiger partial charge in [0.05, 0.1) is 18.5 Å². The number of carbonyl (C=O) groups is 1. The molecule has 0 amide bonds. The molecule has 0 aliphatic carbocycles. The van der Waals surface area contributed by atoms with Crippen molar-refractivity contribution in [2.24, 2.45) is 5.73 Å². The molecule has 0 aliphatic heterocycles. The number of nitrogens with two attached hydrogens (primary N) is 1. The molecule has 0 saturated heterocycles. The third kappa shape index (κ3) is 2.26. The summed E-state index contributed by atoms with van der Waals surface area (Å²) in [6.45, 7) is 0. The van der Waals surface area contributed by atoms with E-state index in [1.165, 1.54) is 0 Å². The van der Waals surface area contributed by atoms with Crippen LogP contribution in [0.5, 0.6) is 0 Å². The molecule has 0 spiro atoms. The van der Waals surface area contributed by atoms with Crippen molar-refractivity contribution in [2.75, 3.05) is 0 Å². The number of nitro groups is 1. The van der Waals surface area contributed by atoms with Gasteiger partial charge in [0, 0.05) is 0 Å². The van der Waals surface area contributed by atoms with Gasteiger partial charge in [0.25, 0.3) is 0 Å². The Morgan fingerprint density at radius 1 is 1.86 bits per heavy atom. The highest BCUT2D eigenvalue weighted by Crippen LogP contribution is 2.15. The fraction of sp³-hybridized carbons (Fsp3) is 0.333. The van der Waals surface area contributed by atoms with E-state index in [4.69, 9.17) is 10.8 Å². The second-order valence-corrected chi connectivity index (χ2v) is 2.64. The topological polar surface area (TPSA) is 135 Å². The Morgan fingerprint density at radius 3 is 2.93 bits per heavy atom. The number of hydrogen-bond acceptors (Lipinski definition) is 5. The number of nitrogens with one attached hydrogen (secondary N) is 1. The van der Waals surface area contributed by atoms with Crippen molar-refractivity contribution < 1.29 is 14.8 Å². The van der Waals surface area contributed by atoms with Gasteiger partial charge in [0.1, 0.15) is 5.69 Å². The first-order valence-electron chi connectivity index (χ1n) is 3.67. The maximum absolute atomic E-state index is 10.3. The largest absolute Gasteiger partial charge is 0.481 e. The molecule has 1 aromatic rings. The highest BCUT2D eigenvalue weighted by molar-refractivity contribution is 5.67. The second-order valence-electron chi connectivity index (χ2n) is 2.64. The average molecular weight is 200 g/mol. The van der Waals surface area contributed by atoms with Crippen LogP contribution in [0, 0.1) is 10.1 Å². The first kappa shape index (κ1) is 10.1. The van der Waals surface area contributed by atoms with Gasteiger partial charge in [-0.1, -0.05) is 5.10 Å². The van der Waals surface area contributed by atoms with Gasteiger partial charge in [-0.05, 0) is 4.92 Å². The molecule has 0 aliphatic rings. The van der Waals surface area contributed by atoms with Crippen LogP contribution in [0.4, 0.5) is 5.82 Å². The number of H-pyrrole nitrogens is 1. The molecule has 1 rings (SSSR count). The van der Waals surface area contributed by atoms with Gasteiger partial charge in [-0.3, -0.25) is 4.79 Å². The third-order valence-corrected chi connectivity index (χ3v) is 1.56. The number of carboxylic acid groups (broad SMARTS) is 1. The number of hydrogen-bond donors (Lipinski definition) is 3. The van der Waals surface area contributed by atoms with E-state index < -0.39 is 16.9 Å². The fourth-order valence-electron chi connectivity index (χ4n) is 0.903. The van der Waals surface area contributed by atoms with Crippen molar-refractivity contribution in [3.05, 3.63) is 21.9 Å². The Hall–Kier alpha value is -1.96. The van der Waals surface area contributed by atoms with E-state index in [1.54, 1.807) is 0 Å². The molecule has 0 fully saturated rings. The smallest absolute Gasteiger partial charge is 0.342 e. The normalized spacial score (nSPS) is 12.4. The monoisotopic (exact) mass is 200 g/mol. The highest BCUT2D eigenvalue weighted by Gasteiger charge is 2.17. The number of rotatable bonds is 4. The zero-order valence-electron chi connectivity index (χ0n) is 7.01. The third-order valence-electron chi connectivity index (χ3n) is 1.56. The average Bonchev–Trinajstić information content (AvgIpc) is 2.50. The van der Waals surface area contributed by atoms with Gasteiger partial charge >= 0.3 is 11.8 Å². The van der Waals surface area contributed by atoms with E-state index >= 15 is 0 Å². The number of nitrogens with zero attached hydrogens (tertiary/aromatic N) is 2. The molecule has 0 saturated carbocycles. The van der Waals surface area contributed by atoms with Crippen LogP contribution in [0.1, 0.15) is 18.2 Å². The molecule has 8 heteroatoms. The number of carboxylic acids is 1. The van der Waals surface area contributed by atoms with Crippen molar-refractivity contribution in [1.82, 2.24) is 10.2 Å². The predicted molar refractivity (Wildman–Crippen MR) is 44.4 cm³/mol. The lowest BCUT2D eigenvalue weighted by Gasteiger charge is -2.01. The highest BCUT2D eigenvalue weighted by atomic mass is 16.6. The maximum Gasteiger partial charge on any atom is 0.342 e. The summed E-state index contributed by atoms with van der Waals surface area (Å²) in [6.07, 6.45) is -0.317. The summed E-state index contributed by atoms with van der Waals surface area (Å²) in [7, 11) is 0. The van der Waals surface area contributed by atoms with Gasteiger partial charge < -0.3 is 21.0 Å². The molecule has 1 atom stereocenters. The first-order chi connectivity index (χ1) is 6.50. The molecule has 1 heterocycles. The molecular formula is C6H8N4O4. The summed E-state index contributed by atoms with van der Waals surface area (Å²) in [4.78, 5) is 19.8. The van der Waals surface area contributed by atoms with Crippen LogP contribution in [-0.2, 0) is 4.79 Å². The van der Waals surface area contributed by atoms with Gasteiger partial charge in [-0.2, -0.15) is 0 Å². The summed E-state index contributed by atoms with van der Waals surface area (Å²) in [6, 6.07) is 0.283. The Labute approximate surface area is 77.9 Å². The molecule has 1 unspecified atom stereocenters. The Kier molecular flexibility index (Phi) is 2.77. The zero-order valence-corrected chi connectivity index (χ0v) is 7.01. The molecule has 8 nitrogen and oxygen atoms in total. The SMILES string of the molecule is NC(CC(=O)O)c1cc([N+](=O)[O-])[nH]n1. The number of aliphatic carboxylic acids is 1. The van der Waals surface area contributed by atoms with Crippen molar-refractivity contribution in [2.45, 2.75) is 12.5 Å². The van der Waals surface area contributed by atoms with Crippen molar-refractivity contribution in [1.29, 1.82) is 0 Å². The first-order valence-corrected chi connectivity index (χ1v) is 3.67. The van der Waals surface area contributed by atoms with Crippen molar-refractivity contribution >= 4 is 11.8 Å². The van der Waals surface area contributed by atoms with Gasteiger partial charge in [0.15, 0.2) is 0 Å². The predicted octanol–water partition coefficient (Wildman–Crippen LogP) is -0.208. The molecule has 0 aromatic carbocycles. The number of aromatic nitrogens is 2. The molecule has 4 N–H and O–H groups in total. The summed E-state index contributed by atoms with van der Waals surface area (Å²) in [5.41, 5.74) is 5.59. The lowest BCUT2D eigenvalue weighted by molar-refractivity contribution is -0.389. The molecule has 76 valence electrons. The van der Waals surface area contributed by atoms with E-state index in [0.29, 0.717) is 0 Å². The Morgan fingerprint density at radius 2 is 2.50 bits per heavy atom. The molecular weight excluding hydrogens is 192 g/mol. The van der Waals surface area contributed by atoms with E-state index in [-0.39, 0.29) is 17.9 Å². The molecule has 14 heavy (non-hydrogen) atoms. The maximum atomic E-state index is 10.3. The van der Waals surface area contributed by atoms with E-state index in [9.17, 15) is 14.9 Å². The quantitative estimate of drug-likeness (QED) is 0.454. The van der Waals surface area contributed by atoms with Crippen LogP contribution < -0.4 is 5.73 Å². The summed E-state index contributed by atoms with van der Waals surface area (Å²) in [5, 5.41) is 24.3. The van der Waals surface area contributed by atoms with Crippen LogP contribution in [0.25, 0.3) is 0 Å². The van der Waals surface area contributed by atoms with E-state index in [1.807, 2.05) is 0 Å².